The first-order valence-corrected chi connectivity index (χ1v) is 5.67. The van der Waals surface area contributed by atoms with Crippen molar-refractivity contribution in [2.45, 2.75) is 31.0 Å². The SMILES string of the molecule is CC1(O)C(O)[C@@H](CO)O[C@H]1Nc1ncnc(N)c1N. The Morgan fingerprint density at radius 1 is 1.47 bits per heavy atom. The van der Waals surface area contributed by atoms with Gasteiger partial charge in [-0.05, 0) is 6.92 Å². The van der Waals surface area contributed by atoms with Crippen LogP contribution >= 0.6 is 0 Å². The predicted molar refractivity (Wildman–Crippen MR) is 66.9 cm³/mol. The quantitative estimate of drug-likeness (QED) is 0.361. The molecule has 1 aliphatic heterocycles. The lowest BCUT2D eigenvalue weighted by atomic mass is 9.97. The van der Waals surface area contributed by atoms with Crippen LogP contribution in [-0.2, 0) is 4.74 Å². The van der Waals surface area contributed by atoms with E-state index in [4.69, 9.17) is 21.3 Å². The van der Waals surface area contributed by atoms with Crippen LogP contribution in [0.15, 0.2) is 6.33 Å². The highest BCUT2D eigenvalue weighted by atomic mass is 16.6. The van der Waals surface area contributed by atoms with Crippen molar-refractivity contribution in [3.8, 4) is 0 Å². The van der Waals surface area contributed by atoms with Crippen LogP contribution in [0.2, 0.25) is 0 Å². The Morgan fingerprint density at radius 3 is 2.74 bits per heavy atom. The molecule has 0 aliphatic carbocycles. The lowest BCUT2D eigenvalue weighted by Gasteiger charge is -2.27. The molecule has 19 heavy (non-hydrogen) atoms. The number of nitrogens with one attached hydrogen (secondary N) is 1. The second-order valence-corrected chi connectivity index (χ2v) is 4.57. The Morgan fingerprint density at radius 2 is 2.16 bits per heavy atom. The van der Waals surface area contributed by atoms with Gasteiger partial charge in [-0.25, -0.2) is 9.97 Å². The van der Waals surface area contributed by atoms with Gasteiger partial charge in [-0.3, -0.25) is 0 Å². The molecule has 106 valence electrons. The van der Waals surface area contributed by atoms with Gasteiger partial charge in [0.15, 0.2) is 17.9 Å². The van der Waals surface area contributed by atoms with Crippen molar-refractivity contribution in [2.24, 2.45) is 0 Å². The summed E-state index contributed by atoms with van der Waals surface area (Å²) in [6, 6.07) is 0. The highest BCUT2D eigenvalue weighted by Crippen LogP contribution is 2.32. The number of rotatable bonds is 3. The summed E-state index contributed by atoms with van der Waals surface area (Å²) in [7, 11) is 0. The number of nitrogens with zero attached hydrogens (tertiary/aromatic N) is 2. The summed E-state index contributed by atoms with van der Waals surface area (Å²) >= 11 is 0. The number of anilines is 3. The highest BCUT2D eigenvalue weighted by molar-refractivity contribution is 5.72. The minimum absolute atomic E-state index is 0.0920. The van der Waals surface area contributed by atoms with Crippen molar-refractivity contribution < 1.29 is 20.1 Å². The van der Waals surface area contributed by atoms with Crippen LogP contribution in [0.5, 0.6) is 0 Å². The number of hydrogen-bond acceptors (Lipinski definition) is 9. The standard InChI is InChI=1S/C10H17N5O4/c1-10(18)6(17)4(2-16)19-9(10)15-8-5(11)7(12)13-3-14-8/h3-4,6,9,16-18H,2,11H2,1H3,(H3,12,13,14,15)/t4-,6?,9-,10?/m1/s1. The minimum Gasteiger partial charge on any atom is -0.394 e. The van der Waals surface area contributed by atoms with Gasteiger partial charge >= 0.3 is 0 Å². The van der Waals surface area contributed by atoms with Crippen molar-refractivity contribution in [1.29, 1.82) is 0 Å². The third-order valence-corrected chi connectivity index (χ3v) is 3.16. The fourth-order valence-electron chi connectivity index (χ4n) is 1.89. The van der Waals surface area contributed by atoms with Crippen LogP contribution in [-0.4, -0.2) is 55.9 Å². The smallest absolute Gasteiger partial charge is 0.160 e. The first-order chi connectivity index (χ1) is 8.87. The summed E-state index contributed by atoms with van der Waals surface area (Å²) in [4.78, 5) is 7.59. The van der Waals surface area contributed by atoms with E-state index in [9.17, 15) is 10.2 Å². The van der Waals surface area contributed by atoms with Gasteiger partial charge in [0.05, 0.1) is 6.61 Å². The zero-order chi connectivity index (χ0) is 14.2. The molecule has 4 atom stereocenters. The first kappa shape index (κ1) is 13.7. The lowest BCUT2D eigenvalue weighted by molar-refractivity contribution is -0.0549. The van der Waals surface area contributed by atoms with Crippen LogP contribution in [0.25, 0.3) is 0 Å². The van der Waals surface area contributed by atoms with Crippen LogP contribution < -0.4 is 16.8 Å². The largest absolute Gasteiger partial charge is 0.394 e. The van der Waals surface area contributed by atoms with E-state index in [1.165, 1.54) is 13.3 Å². The topological polar surface area (TPSA) is 160 Å². The summed E-state index contributed by atoms with van der Waals surface area (Å²) in [5.74, 6) is 0.276. The summed E-state index contributed by atoms with van der Waals surface area (Å²) in [6.45, 7) is 0.961. The van der Waals surface area contributed by atoms with Gasteiger partial charge in [0.1, 0.15) is 29.8 Å². The zero-order valence-corrected chi connectivity index (χ0v) is 10.3. The first-order valence-electron chi connectivity index (χ1n) is 5.67. The molecular weight excluding hydrogens is 254 g/mol. The number of nitrogen functional groups attached to an aromatic ring is 2. The fourth-order valence-corrected chi connectivity index (χ4v) is 1.89. The van der Waals surface area contributed by atoms with E-state index >= 15 is 0 Å². The summed E-state index contributed by atoms with van der Waals surface area (Å²) in [6.07, 6.45) is -1.92. The molecular formula is C10H17N5O4. The molecule has 0 saturated carbocycles. The van der Waals surface area contributed by atoms with Gasteiger partial charge in [0, 0.05) is 0 Å². The van der Waals surface area contributed by atoms with Crippen molar-refractivity contribution in [3.05, 3.63) is 6.33 Å². The maximum absolute atomic E-state index is 10.2. The molecule has 1 fully saturated rings. The molecule has 9 heteroatoms. The van der Waals surface area contributed by atoms with E-state index < -0.39 is 30.6 Å². The van der Waals surface area contributed by atoms with E-state index in [0.29, 0.717) is 0 Å². The van der Waals surface area contributed by atoms with E-state index in [1.54, 1.807) is 0 Å². The molecule has 1 aromatic heterocycles. The number of aromatic nitrogens is 2. The average Bonchev–Trinajstić information content (AvgIpc) is 2.58. The zero-order valence-electron chi connectivity index (χ0n) is 10.3. The highest BCUT2D eigenvalue weighted by Gasteiger charge is 2.52. The monoisotopic (exact) mass is 271 g/mol. The minimum atomic E-state index is -1.61. The van der Waals surface area contributed by atoms with Crippen LogP contribution in [0.3, 0.4) is 0 Å². The van der Waals surface area contributed by atoms with Gasteiger partial charge in [0.25, 0.3) is 0 Å². The van der Waals surface area contributed by atoms with Crippen LogP contribution in [0, 0.1) is 0 Å². The lowest BCUT2D eigenvalue weighted by Crippen LogP contribution is -2.48. The van der Waals surface area contributed by atoms with Gasteiger partial charge in [-0.1, -0.05) is 0 Å². The van der Waals surface area contributed by atoms with Gasteiger partial charge < -0.3 is 36.8 Å². The average molecular weight is 271 g/mol. The van der Waals surface area contributed by atoms with Crippen molar-refractivity contribution >= 4 is 17.3 Å². The molecule has 0 amide bonds. The molecule has 9 nitrogen and oxygen atoms in total. The van der Waals surface area contributed by atoms with Gasteiger partial charge in [-0.2, -0.15) is 0 Å². The second kappa shape index (κ2) is 4.78. The fraction of sp³-hybridized carbons (Fsp3) is 0.600. The van der Waals surface area contributed by atoms with E-state index in [2.05, 4.69) is 15.3 Å². The molecule has 0 bridgehead atoms. The Labute approximate surface area is 109 Å². The molecule has 1 saturated heterocycles. The third kappa shape index (κ3) is 2.28. The van der Waals surface area contributed by atoms with Crippen LogP contribution in [0.4, 0.5) is 17.3 Å². The Bertz CT molecular complexity index is 469. The number of hydrogen-bond donors (Lipinski definition) is 6. The maximum Gasteiger partial charge on any atom is 0.160 e. The van der Waals surface area contributed by atoms with Crippen molar-refractivity contribution in [1.82, 2.24) is 9.97 Å². The van der Waals surface area contributed by atoms with Crippen molar-refractivity contribution in [2.75, 3.05) is 23.4 Å². The number of aliphatic hydroxyl groups is 3. The van der Waals surface area contributed by atoms with E-state index in [-0.39, 0.29) is 17.3 Å². The van der Waals surface area contributed by atoms with Gasteiger partial charge in [0.2, 0.25) is 0 Å². The molecule has 1 aliphatic rings. The van der Waals surface area contributed by atoms with Gasteiger partial charge in [-0.15, -0.1) is 0 Å². The molecule has 8 N–H and O–H groups in total. The second-order valence-electron chi connectivity index (χ2n) is 4.57. The Balaban J connectivity index is 2.22. The molecule has 0 aromatic carbocycles. The molecule has 0 spiro atoms. The summed E-state index contributed by atoms with van der Waals surface area (Å²) in [5, 5.41) is 31.8. The van der Waals surface area contributed by atoms with E-state index in [0.717, 1.165) is 0 Å². The third-order valence-electron chi connectivity index (χ3n) is 3.16. The maximum atomic E-state index is 10.2. The predicted octanol–water partition coefficient (Wildman–Crippen LogP) is -2.12. The van der Waals surface area contributed by atoms with E-state index in [1.807, 2.05) is 0 Å². The molecule has 1 aromatic rings. The number of aliphatic hydroxyl groups excluding tert-OH is 2. The summed E-state index contributed by atoms with van der Waals surface area (Å²) < 4.78 is 5.32. The molecule has 2 heterocycles. The Kier molecular flexibility index (Phi) is 3.45. The Hall–Kier alpha value is -1.68. The normalized spacial score (nSPS) is 34.4. The van der Waals surface area contributed by atoms with Crippen LogP contribution in [0.1, 0.15) is 6.92 Å². The molecule has 2 unspecified atom stereocenters. The summed E-state index contributed by atoms with van der Waals surface area (Å²) in [5.41, 5.74) is 9.73. The molecule has 2 rings (SSSR count). The molecule has 0 radical (unpaired) electrons. The van der Waals surface area contributed by atoms with Crippen molar-refractivity contribution in [3.63, 3.8) is 0 Å². The number of nitrogens with two attached hydrogens (primary N) is 2. The number of ether oxygens (including phenoxy) is 1.